The van der Waals surface area contributed by atoms with Crippen LogP contribution in [0.4, 0.5) is 0 Å². The number of rotatable bonds is 5. The van der Waals surface area contributed by atoms with E-state index in [2.05, 4.69) is 36.6 Å². The SMILES string of the molecule is CC(C)C(NC(=O)CC1CNCCO1)c1ccccc1.Cl. The third kappa shape index (κ3) is 5.65. The van der Waals surface area contributed by atoms with Gasteiger partial charge >= 0.3 is 0 Å². The Morgan fingerprint density at radius 3 is 2.67 bits per heavy atom. The van der Waals surface area contributed by atoms with Crippen LogP contribution in [0.3, 0.4) is 0 Å². The molecule has 0 aliphatic carbocycles. The van der Waals surface area contributed by atoms with E-state index in [0.29, 0.717) is 18.9 Å². The topological polar surface area (TPSA) is 50.4 Å². The maximum atomic E-state index is 12.2. The lowest BCUT2D eigenvalue weighted by molar-refractivity contribution is -0.125. The van der Waals surface area contributed by atoms with Crippen LogP contribution in [-0.4, -0.2) is 31.7 Å². The van der Waals surface area contributed by atoms with Gasteiger partial charge in [-0.25, -0.2) is 0 Å². The number of nitrogens with one attached hydrogen (secondary N) is 2. The first-order valence-electron chi connectivity index (χ1n) is 7.33. The fourth-order valence-corrected chi connectivity index (χ4v) is 2.49. The molecule has 1 fully saturated rings. The van der Waals surface area contributed by atoms with Crippen molar-refractivity contribution in [2.24, 2.45) is 5.92 Å². The number of carbonyl (C=O) groups is 1. The van der Waals surface area contributed by atoms with Crippen molar-refractivity contribution in [3.8, 4) is 0 Å². The van der Waals surface area contributed by atoms with Gasteiger partial charge in [-0.1, -0.05) is 44.2 Å². The minimum absolute atomic E-state index is 0. The van der Waals surface area contributed by atoms with Crippen LogP contribution in [-0.2, 0) is 9.53 Å². The molecule has 1 aromatic rings. The molecule has 2 unspecified atom stereocenters. The van der Waals surface area contributed by atoms with Crippen molar-refractivity contribution in [2.75, 3.05) is 19.7 Å². The average Bonchev–Trinajstić information content (AvgIpc) is 2.46. The minimum Gasteiger partial charge on any atom is -0.375 e. The Kier molecular flexibility index (Phi) is 7.72. The first-order valence-corrected chi connectivity index (χ1v) is 7.33. The summed E-state index contributed by atoms with van der Waals surface area (Å²) in [5.74, 6) is 0.410. The molecule has 0 saturated carbocycles. The number of amides is 1. The summed E-state index contributed by atoms with van der Waals surface area (Å²) in [5, 5.41) is 6.38. The van der Waals surface area contributed by atoms with E-state index in [4.69, 9.17) is 4.74 Å². The first-order chi connectivity index (χ1) is 9.66. The lowest BCUT2D eigenvalue weighted by Gasteiger charge is -2.26. The molecular weight excluding hydrogens is 288 g/mol. The van der Waals surface area contributed by atoms with Gasteiger partial charge in [0.05, 0.1) is 25.2 Å². The van der Waals surface area contributed by atoms with E-state index in [9.17, 15) is 4.79 Å². The predicted molar refractivity (Wildman–Crippen MR) is 86.6 cm³/mol. The highest BCUT2D eigenvalue weighted by Gasteiger charge is 2.22. The number of hydrogen-bond acceptors (Lipinski definition) is 3. The van der Waals surface area contributed by atoms with Crippen molar-refractivity contribution in [3.63, 3.8) is 0 Å². The Morgan fingerprint density at radius 2 is 2.10 bits per heavy atom. The maximum absolute atomic E-state index is 12.2. The van der Waals surface area contributed by atoms with Gasteiger partial charge in [0.1, 0.15) is 0 Å². The van der Waals surface area contributed by atoms with Gasteiger partial charge in [0.25, 0.3) is 0 Å². The monoisotopic (exact) mass is 312 g/mol. The van der Waals surface area contributed by atoms with Crippen LogP contribution in [0.15, 0.2) is 30.3 Å². The zero-order valence-corrected chi connectivity index (χ0v) is 13.5. The minimum atomic E-state index is -0.00710. The van der Waals surface area contributed by atoms with E-state index in [1.807, 2.05) is 18.2 Å². The molecule has 1 saturated heterocycles. The number of hydrogen-bond donors (Lipinski definition) is 2. The molecule has 1 aromatic carbocycles. The number of morpholine rings is 1. The number of benzene rings is 1. The molecule has 118 valence electrons. The summed E-state index contributed by atoms with van der Waals surface area (Å²) in [4.78, 5) is 12.2. The quantitative estimate of drug-likeness (QED) is 0.877. The normalized spacial score (nSPS) is 19.7. The fraction of sp³-hybridized carbons (Fsp3) is 0.562. The number of ether oxygens (including phenoxy) is 1. The summed E-state index contributed by atoms with van der Waals surface area (Å²) < 4.78 is 5.57. The zero-order valence-electron chi connectivity index (χ0n) is 12.7. The first kappa shape index (κ1) is 18.0. The van der Waals surface area contributed by atoms with Crippen LogP contribution in [0, 0.1) is 5.92 Å². The smallest absolute Gasteiger partial charge is 0.223 e. The molecule has 0 aromatic heterocycles. The Morgan fingerprint density at radius 1 is 1.38 bits per heavy atom. The van der Waals surface area contributed by atoms with Crippen molar-refractivity contribution in [1.29, 1.82) is 0 Å². The lowest BCUT2D eigenvalue weighted by atomic mass is 9.96. The summed E-state index contributed by atoms with van der Waals surface area (Å²) in [6, 6.07) is 10.2. The molecule has 1 amide bonds. The summed E-state index contributed by atoms with van der Waals surface area (Å²) in [6.45, 7) is 6.55. The molecule has 5 heteroatoms. The van der Waals surface area contributed by atoms with Crippen molar-refractivity contribution in [3.05, 3.63) is 35.9 Å². The third-order valence-corrected chi connectivity index (χ3v) is 3.56. The standard InChI is InChI=1S/C16H24N2O2.ClH/c1-12(2)16(13-6-4-3-5-7-13)18-15(19)10-14-11-17-8-9-20-14;/h3-7,12,14,16-17H,8-11H2,1-2H3,(H,18,19);1H. The maximum Gasteiger partial charge on any atom is 0.223 e. The van der Waals surface area contributed by atoms with Gasteiger partial charge in [0, 0.05) is 13.1 Å². The van der Waals surface area contributed by atoms with E-state index in [1.54, 1.807) is 0 Å². The lowest BCUT2D eigenvalue weighted by Crippen LogP contribution is -2.42. The predicted octanol–water partition coefficient (Wildman–Crippen LogP) is 2.30. The van der Waals surface area contributed by atoms with Crippen molar-refractivity contribution >= 4 is 18.3 Å². The Bertz CT molecular complexity index is 420. The Labute approximate surface area is 133 Å². The van der Waals surface area contributed by atoms with E-state index in [1.165, 1.54) is 0 Å². The van der Waals surface area contributed by atoms with Crippen LogP contribution >= 0.6 is 12.4 Å². The third-order valence-electron chi connectivity index (χ3n) is 3.56. The summed E-state index contributed by atoms with van der Waals surface area (Å²) in [7, 11) is 0. The van der Waals surface area contributed by atoms with Crippen LogP contribution in [0.2, 0.25) is 0 Å². The van der Waals surface area contributed by atoms with Gasteiger partial charge in [-0.05, 0) is 11.5 Å². The molecule has 1 aliphatic heterocycles. The van der Waals surface area contributed by atoms with Gasteiger partial charge in [-0.3, -0.25) is 4.79 Å². The zero-order chi connectivity index (χ0) is 14.4. The molecule has 0 spiro atoms. The largest absolute Gasteiger partial charge is 0.375 e. The highest BCUT2D eigenvalue weighted by molar-refractivity contribution is 5.85. The molecule has 2 rings (SSSR count). The molecule has 2 N–H and O–H groups in total. The molecule has 1 aliphatic rings. The Balaban J connectivity index is 0.00000220. The molecule has 2 atom stereocenters. The molecular formula is C16H25ClN2O2. The molecule has 21 heavy (non-hydrogen) atoms. The summed E-state index contributed by atoms with van der Waals surface area (Å²) in [6.07, 6.45) is 0.413. The van der Waals surface area contributed by atoms with Crippen molar-refractivity contribution in [2.45, 2.75) is 32.4 Å². The second-order valence-corrected chi connectivity index (χ2v) is 5.60. The summed E-state index contributed by atoms with van der Waals surface area (Å²) in [5.41, 5.74) is 1.15. The van der Waals surface area contributed by atoms with Crippen LogP contribution in [0.5, 0.6) is 0 Å². The fourth-order valence-electron chi connectivity index (χ4n) is 2.49. The number of carbonyl (C=O) groups excluding carboxylic acids is 1. The van der Waals surface area contributed by atoms with Gasteiger partial charge in [-0.2, -0.15) is 0 Å². The van der Waals surface area contributed by atoms with E-state index < -0.39 is 0 Å². The average molecular weight is 313 g/mol. The molecule has 4 nitrogen and oxygen atoms in total. The highest BCUT2D eigenvalue weighted by atomic mass is 35.5. The second-order valence-electron chi connectivity index (χ2n) is 5.60. The van der Waals surface area contributed by atoms with Crippen LogP contribution in [0.1, 0.15) is 31.9 Å². The van der Waals surface area contributed by atoms with E-state index >= 15 is 0 Å². The van der Waals surface area contributed by atoms with Gasteiger partial charge in [0.15, 0.2) is 0 Å². The van der Waals surface area contributed by atoms with Gasteiger partial charge in [0.2, 0.25) is 5.91 Å². The molecule has 0 bridgehead atoms. The van der Waals surface area contributed by atoms with Gasteiger partial charge < -0.3 is 15.4 Å². The second kappa shape index (κ2) is 9.03. The number of halogens is 1. The van der Waals surface area contributed by atoms with E-state index in [0.717, 1.165) is 18.7 Å². The Hall–Kier alpha value is -1.10. The highest BCUT2D eigenvalue weighted by Crippen LogP contribution is 2.21. The van der Waals surface area contributed by atoms with Crippen molar-refractivity contribution < 1.29 is 9.53 Å². The van der Waals surface area contributed by atoms with Crippen LogP contribution in [0.25, 0.3) is 0 Å². The molecule has 1 heterocycles. The summed E-state index contributed by atoms with van der Waals surface area (Å²) >= 11 is 0. The van der Waals surface area contributed by atoms with E-state index in [-0.39, 0.29) is 30.5 Å². The van der Waals surface area contributed by atoms with Gasteiger partial charge in [-0.15, -0.1) is 12.4 Å². The molecule has 0 radical (unpaired) electrons. The van der Waals surface area contributed by atoms with Crippen molar-refractivity contribution in [1.82, 2.24) is 10.6 Å². The van der Waals surface area contributed by atoms with Crippen LogP contribution < -0.4 is 10.6 Å².